The van der Waals surface area contributed by atoms with Crippen LogP contribution >= 0.6 is 11.3 Å². The molecular formula is C33H52N2O6SSi2. The van der Waals surface area contributed by atoms with Crippen LogP contribution in [0.2, 0.25) is 34.8 Å². The molecular weight excluding hydrogens is 609 g/mol. The van der Waals surface area contributed by atoms with Gasteiger partial charge in [0.1, 0.15) is 5.56 Å². The Labute approximate surface area is 270 Å². The fourth-order valence-corrected chi connectivity index (χ4v) is 13.2. The van der Waals surface area contributed by atoms with Crippen molar-refractivity contribution in [3.63, 3.8) is 0 Å². The lowest BCUT2D eigenvalue weighted by atomic mass is 9.95. The van der Waals surface area contributed by atoms with Crippen LogP contribution in [0.4, 0.5) is 5.69 Å². The van der Waals surface area contributed by atoms with Crippen LogP contribution in [-0.2, 0) is 4.43 Å². The highest BCUT2D eigenvalue weighted by Gasteiger charge is 2.48. The summed E-state index contributed by atoms with van der Waals surface area (Å²) in [5.74, 6) is 0.249. The maximum Gasteiger partial charge on any atom is 0.286 e. The summed E-state index contributed by atoms with van der Waals surface area (Å²) in [5.41, 5.74) is 2.79. The Hall–Kier alpha value is -2.48. The van der Waals surface area contributed by atoms with E-state index < -0.39 is 27.5 Å². The smallest absolute Gasteiger partial charge is 0.286 e. The molecule has 1 amide bonds. The number of ether oxygens (including phenoxy) is 1. The van der Waals surface area contributed by atoms with Crippen molar-refractivity contribution in [2.24, 2.45) is 0 Å². The summed E-state index contributed by atoms with van der Waals surface area (Å²) in [6.45, 7) is 24.6. The summed E-state index contributed by atoms with van der Waals surface area (Å²) in [7, 11) is -3.06. The van der Waals surface area contributed by atoms with Gasteiger partial charge in [-0.3, -0.25) is 14.9 Å². The molecule has 0 radical (unpaired) electrons. The summed E-state index contributed by atoms with van der Waals surface area (Å²) >= 11 is 1.64. The predicted octanol–water partition coefficient (Wildman–Crippen LogP) is 9.54. The second kappa shape index (κ2) is 13.9. The molecule has 2 aromatic rings. The van der Waals surface area contributed by atoms with Gasteiger partial charge in [0.25, 0.3) is 19.9 Å². The molecule has 0 N–H and O–H groups in total. The number of benzene rings is 1. The molecule has 8 nitrogen and oxygen atoms in total. The molecule has 1 aliphatic rings. The Morgan fingerprint density at radius 1 is 1.09 bits per heavy atom. The molecule has 0 aliphatic carbocycles. The molecule has 44 heavy (non-hydrogen) atoms. The average Bonchev–Trinajstić information content (AvgIpc) is 3.48. The standard InChI is InChI=1S/C33H52N2O6SSi2/c1-22(2)44(23(3)4,24(5)6)41-31-19-29(35(37)38)28(18-30(31)39-10)32(36)34-15-13-25(26-14-16-42-21-26)17-27(34)20-40-43(11,12)33(7,8)9/h13-14,16,18-19,21-24,27H,15,17,20H2,1-12H3/t27-/m0/s1. The lowest BCUT2D eigenvalue weighted by molar-refractivity contribution is -0.385. The number of carbonyl (C=O) groups is 1. The molecule has 1 aromatic carbocycles. The second-order valence-electron chi connectivity index (χ2n) is 14.3. The van der Waals surface area contributed by atoms with Gasteiger partial charge in [-0.25, -0.2) is 0 Å². The molecule has 1 aliphatic heterocycles. The number of nitrogens with zero attached hydrogens (tertiary/aromatic N) is 2. The fourth-order valence-electron chi connectivity index (χ4n) is 6.22. The normalized spacial score (nSPS) is 16.5. The molecule has 244 valence electrons. The van der Waals surface area contributed by atoms with E-state index in [0.717, 1.165) is 11.1 Å². The number of nitro benzene ring substituents is 1. The van der Waals surface area contributed by atoms with Crippen molar-refractivity contribution in [3.8, 4) is 11.5 Å². The van der Waals surface area contributed by atoms with E-state index in [1.165, 1.54) is 19.2 Å². The number of thiophene rings is 1. The molecule has 3 rings (SSSR count). The predicted molar refractivity (Wildman–Crippen MR) is 186 cm³/mol. The van der Waals surface area contributed by atoms with E-state index in [1.54, 1.807) is 16.2 Å². The molecule has 0 saturated heterocycles. The highest BCUT2D eigenvalue weighted by atomic mass is 32.1. The van der Waals surface area contributed by atoms with Crippen LogP contribution in [0.5, 0.6) is 11.5 Å². The minimum absolute atomic E-state index is 0.00480. The van der Waals surface area contributed by atoms with E-state index in [2.05, 4.69) is 92.9 Å². The van der Waals surface area contributed by atoms with Crippen LogP contribution in [0.25, 0.3) is 5.57 Å². The maximum absolute atomic E-state index is 14.3. The van der Waals surface area contributed by atoms with Crippen molar-refractivity contribution in [3.05, 3.63) is 56.3 Å². The monoisotopic (exact) mass is 660 g/mol. The van der Waals surface area contributed by atoms with Gasteiger partial charge in [-0.15, -0.1) is 0 Å². The van der Waals surface area contributed by atoms with E-state index in [1.807, 2.05) is 5.38 Å². The molecule has 0 unspecified atom stereocenters. The van der Waals surface area contributed by atoms with Gasteiger partial charge < -0.3 is 18.5 Å². The molecule has 2 heterocycles. The maximum atomic E-state index is 14.3. The van der Waals surface area contributed by atoms with Crippen molar-refractivity contribution in [1.29, 1.82) is 0 Å². The first-order chi connectivity index (χ1) is 20.4. The van der Waals surface area contributed by atoms with Crippen LogP contribution in [-0.4, -0.2) is 58.7 Å². The van der Waals surface area contributed by atoms with E-state index >= 15 is 0 Å². The summed E-state index contributed by atoms with van der Waals surface area (Å²) in [4.78, 5) is 28.0. The van der Waals surface area contributed by atoms with Crippen molar-refractivity contribution in [2.45, 2.75) is 110 Å². The number of rotatable bonds is 12. The van der Waals surface area contributed by atoms with E-state index in [9.17, 15) is 14.9 Å². The molecule has 11 heteroatoms. The quantitative estimate of drug-likeness (QED) is 0.128. The zero-order valence-corrected chi connectivity index (χ0v) is 31.5. The highest BCUT2D eigenvalue weighted by molar-refractivity contribution is 7.08. The van der Waals surface area contributed by atoms with Crippen LogP contribution < -0.4 is 9.16 Å². The Balaban J connectivity index is 2.08. The lowest BCUT2D eigenvalue weighted by Crippen LogP contribution is -2.50. The summed E-state index contributed by atoms with van der Waals surface area (Å²) in [6.07, 6.45) is 2.66. The average molecular weight is 661 g/mol. The largest absolute Gasteiger partial charge is 0.540 e. The molecule has 0 bridgehead atoms. The first kappa shape index (κ1) is 36.0. The number of hydrogen-bond acceptors (Lipinski definition) is 7. The summed E-state index contributed by atoms with van der Waals surface area (Å²) in [6, 6.07) is 4.71. The van der Waals surface area contributed by atoms with Gasteiger partial charge in [0.2, 0.25) is 0 Å². The summed E-state index contributed by atoms with van der Waals surface area (Å²) in [5, 5.41) is 16.7. The first-order valence-electron chi connectivity index (χ1n) is 15.6. The molecule has 1 aromatic heterocycles. The zero-order valence-electron chi connectivity index (χ0n) is 28.6. The van der Waals surface area contributed by atoms with Crippen molar-refractivity contribution in [1.82, 2.24) is 4.90 Å². The van der Waals surface area contributed by atoms with Crippen molar-refractivity contribution in [2.75, 3.05) is 20.3 Å². The van der Waals surface area contributed by atoms with E-state index in [4.69, 9.17) is 13.6 Å². The van der Waals surface area contributed by atoms with Gasteiger partial charge in [0.15, 0.2) is 19.8 Å². The van der Waals surface area contributed by atoms with Crippen LogP contribution in [0.3, 0.4) is 0 Å². The minimum Gasteiger partial charge on any atom is -0.540 e. The minimum atomic E-state index is -2.46. The van der Waals surface area contributed by atoms with Crippen LogP contribution in [0, 0.1) is 10.1 Å². The van der Waals surface area contributed by atoms with Gasteiger partial charge in [-0.05, 0) is 69.1 Å². The van der Waals surface area contributed by atoms with E-state index in [-0.39, 0.29) is 39.0 Å². The van der Waals surface area contributed by atoms with Gasteiger partial charge in [0.05, 0.1) is 30.7 Å². The summed E-state index contributed by atoms with van der Waals surface area (Å²) < 4.78 is 19.2. The molecule has 0 spiro atoms. The third-order valence-corrected chi connectivity index (χ3v) is 20.9. The zero-order chi connectivity index (χ0) is 33.2. The lowest BCUT2D eigenvalue weighted by Gasteiger charge is -2.42. The van der Waals surface area contributed by atoms with Crippen molar-refractivity contribution >= 4 is 45.1 Å². The van der Waals surface area contributed by atoms with Gasteiger partial charge >= 0.3 is 0 Å². The number of methoxy groups -OCH3 is 1. The molecule has 0 saturated carbocycles. The fraction of sp³-hybridized carbons (Fsp3) is 0.606. The van der Waals surface area contributed by atoms with Gasteiger partial charge in [0, 0.05) is 12.6 Å². The van der Waals surface area contributed by atoms with E-state index in [0.29, 0.717) is 31.1 Å². The van der Waals surface area contributed by atoms with Crippen LogP contribution in [0.15, 0.2) is 35.0 Å². The topological polar surface area (TPSA) is 91.1 Å². The SMILES string of the molecule is COc1cc(C(=O)N2CC=C(c3ccsc3)C[C@H]2CO[Si](C)(C)C(C)(C)C)c([N+](=O)[O-])cc1O[Si](C(C)C)(C(C)C)C(C)C. The van der Waals surface area contributed by atoms with Gasteiger partial charge in [-0.1, -0.05) is 68.4 Å². The Morgan fingerprint density at radius 2 is 1.70 bits per heavy atom. The number of hydrogen-bond donors (Lipinski definition) is 0. The Bertz CT molecular complexity index is 1330. The van der Waals surface area contributed by atoms with Crippen molar-refractivity contribution < 1.29 is 23.3 Å². The number of carbonyl (C=O) groups excluding carboxylic acids is 1. The second-order valence-corrected chi connectivity index (χ2v) is 25.3. The third-order valence-electron chi connectivity index (χ3n) is 9.73. The Kier molecular flexibility index (Phi) is 11.4. The third kappa shape index (κ3) is 7.32. The van der Waals surface area contributed by atoms with Gasteiger partial charge in [-0.2, -0.15) is 11.3 Å². The first-order valence-corrected chi connectivity index (χ1v) is 21.6. The highest BCUT2D eigenvalue weighted by Crippen LogP contribution is 2.46. The number of amides is 1. The molecule has 0 fully saturated rings. The molecule has 1 atom stereocenters. The Morgan fingerprint density at radius 3 is 2.18 bits per heavy atom. The number of nitro groups is 1. The van der Waals surface area contributed by atoms with Crippen LogP contribution in [0.1, 0.15) is 84.7 Å².